The first-order valence-electron chi connectivity index (χ1n) is 7.20. The van der Waals surface area contributed by atoms with Gasteiger partial charge in [-0.3, -0.25) is 0 Å². The Morgan fingerprint density at radius 3 is 2.35 bits per heavy atom. The van der Waals surface area contributed by atoms with Gasteiger partial charge in [-0.1, -0.05) is 48.5 Å². The summed E-state index contributed by atoms with van der Waals surface area (Å²) < 4.78 is 0. The molecule has 2 aromatic rings. The van der Waals surface area contributed by atoms with Gasteiger partial charge >= 0.3 is 0 Å². The van der Waals surface area contributed by atoms with Gasteiger partial charge in [0.15, 0.2) is 0 Å². The summed E-state index contributed by atoms with van der Waals surface area (Å²) in [4.78, 5) is 0. The van der Waals surface area contributed by atoms with Crippen LogP contribution in [-0.4, -0.2) is 6.54 Å². The molecule has 0 bridgehead atoms. The molecule has 0 aliphatic rings. The molecule has 3 N–H and O–H groups in total. The lowest BCUT2D eigenvalue weighted by Gasteiger charge is -2.25. The Morgan fingerprint density at radius 1 is 1.00 bits per heavy atom. The van der Waals surface area contributed by atoms with Crippen LogP contribution in [0, 0.1) is 13.8 Å². The van der Waals surface area contributed by atoms with Gasteiger partial charge in [-0.15, -0.1) is 0 Å². The Balaban J connectivity index is 2.19. The van der Waals surface area contributed by atoms with Crippen LogP contribution < -0.4 is 11.1 Å². The Kier molecular flexibility index (Phi) is 4.94. The van der Waals surface area contributed by atoms with E-state index in [1.54, 1.807) is 0 Å². The topological polar surface area (TPSA) is 38.0 Å². The normalized spacial score (nSPS) is 14.0. The van der Waals surface area contributed by atoms with E-state index in [0.717, 1.165) is 0 Å². The third-order valence-corrected chi connectivity index (χ3v) is 4.01. The van der Waals surface area contributed by atoms with E-state index in [2.05, 4.69) is 68.6 Å². The highest BCUT2D eigenvalue weighted by atomic mass is 15.0. The van der Waals surface area contributed by atoms with Crippen molar-refractivity contribution in [1.82, 2.24) is 5.32 Å². The fourth-order valence-electron chi connectivity index (χ4n) is 2.58. The fourth-order valence-corrected chi connectivity index (χ4v) is 2.58. The van der Waals surface area contributed by atoms with E-state index in [1.165, 1.54) is 22.3 Å². The van der Waals surface area contributed by atoms with Crippen LogP contribution >= 0.6 is 0 Å². The summed E-state index contributed by atoms with van der Waals surface area (Å²) in [6.45, 7) is 7.10. The van der Waals surface area contributed by atoms with Crippen molar-refractivity contribution in [3.05, 3.63) is 70.8 Å². The van der Waals surface area contributed by atoms with Crippen LogP contribution in [0.2, 0.25) is 0 Å². The highest BCUT2D eigenvalue weighted by Gasteiger charge is 2.16. The van der Waals surface area contributed by atoms with Gasteiger partial charge in [0.05, 0.1) is 0 Å². The standard InChI is InChI=1S/C18H24N2/c1-13-8-7-11-17(14(13)2)18(12-19)20-15(3)16-9-5-4-6-10-16/h4-11,15,18,20H,12,19H2,1-3H3. The molecule has 0 amide bonds. The number of benzene rings is 2. The number of aryl methyl sites for hydroxylation is 1. The van der Waals surface area contributed by atoms with Crippen molar-refractivity contribution in [2.75, 3.05) is 6.54 Å². The average molecular weight is 268 g/mol. The van der Waals surface area contributed by atoms with Crippen LogP contribution in [0.3, 0.4) is 0 Å². The summed E-state index contributed by atoms with van der Waals surface area (Å²) in [6, 6.07) is 17.4. The van der Waals surface area contributed by atoms with Crippen molar-refractivity contribution in [2.45, 2.75) is 32.9 Å². The highest BCUT2D eigenvalue weighted by Crippen LogP contribution is 2.23. The first-order chi connectivity index (χ1) is 9.63. The third kappa shape index (κ3) is 3.27. The summed E-state index contributed by atoms with van der Waals surface area (Å²) in [5.41, 5.74) is 11.2. The first-order valence-corrected chi connectivity index (χ1v) is 7.20. The Morgan fingerprint density at radius 2 is 1.70 bits per heavy atom. The molecule has 2 nitrogen and oxygen atoms in total. The van der Waals surface area contributed by atoms with E-state index in [1.807, 2.05) is 6.07 Å². The molecule has 0 saturated carbocycles. The van der Waals surface area contributed by atoms with Crippen LogP contribution in [-0.2, 0) is 0 Å². The monoisotopic (exact) mass is 268 g/mol. The predicted molar refractivity (Wildman–Crippen MR) is 85.7 cm³/mol. The Bertz CT molecular complexity index is 549. The van der Waals surface area contributed by atoms with Crippen LogP contribution in [0.25, 0.3) is 0 Å². The summed E-state index contributed by atoms with van der Waals surface area (Å²) in [7, 11) is 0. The summed E-state index contributed by atoms with van der Waals surface area (Å²) in [5, 5.41) is 3.64. The molecular formula is C18H24N2. The number of rotatable bonds is 5. The van der Waals surface area contributed by atoms with Crippen LogP contribution in [0.5, 0.6) is 0 Å². The molecule has 0 aromatic heterocycles. The van der Waals surface area contributed by atoms with Gasteiger partial charge in [0.1, 0.15) is 0 Å². The second-order valence-corrected chi connectivity index (χ2v) is 5.38. The van der Waals surface area contributed by atoms with Gasteiger partial charge in [0.2, 0.25) is 0 Å². The largest absolute Gasteiger partial charge is 0.329 e. The molecule has 106 valence electrons. The third-order valence-electron chi connectivity index (χ3n) is 4.01. The van der Waals surface area contributed by atoms with E-state index >= 15 is 0 Å². The maximum Gasteiger partial charge on any atom is 0.0451 e. The molecule has 2 aromatic carbocycles. The van der Waals surface area contributed by atoms with Gasteiger partial charge < -0.3 is 11.1 Å². The van der Waals surface area contributed by atoms with Crippen LogP contribution in [0.15, 0.2) is 48.5 Å². The van der Waals surface area contributed by atoms with E-state index < -0.39 is 0 Å². The summed E-state index contributed by atoms with van der Waals surface area (Å²) in [5.74, 6) is 0. The maximum absolute atomic E-state index is 5.99. The molecule has 20 heavy (non-hydrogen) atoms. The van der Waals surface area contributed by atoms with Gasteiger partial charge in [0.25, 0.3) is 0 Å². The lowest BCUT2D eigenvalue weighted by Crippen LogP contribution is -2.31. The average Bonchev–Trinajstić information content (AvgIpc) is 2.48. The zero-order valence-corrected chi connectivity index (χ0v) is 12.6. The van der Waals surface area contributed by atoms with Crippen molar-refractivity contribution in [3.63, 3.8) is 0 Å². The summed E-state index contributed by atoms with van der Waals surface area (Å²) in [6.07, 6.45) is 0. The van der Waals surface area contributed by atoms with E-state index in [9.17, 15) is 0 Å². The minimum absolute atomic E-state index is 0.185. The maximum atomic E-state index is 5.99. The molecule has 0 heterocycles. The molecule has 2 rings (SSSR count). The summed E-state index contributed by atoms with van der Waals surface area (Å²) >= 11 is 0. The molecular weight excluding hydrogens is 244 g/mol. The van der Waals surface area contributed by atoms with Crippen molar-refractivity contribution in [2.24, 2.45) is 5.73 Å². The van der Waals surface area contributed by atoms with E-state index in [-0.39, 0.29) is 12.1 Å². The smallest absolute Gasteiger partial charge is 0.0451 e. The van der Waals surface area contributed by atoms with Gasteiger partial charge in [0, 0.05) is 18.6 Å². The van der Waals surface area contributed by atoms with E-state index in [4.69, 9.17) is 5.73 Å². The molecule has 0 aliphatic carbocycles. The minimum Gasteiger partial charge on any atom is -0.329 e. The molecule has 2 heteroatoms. The molecule has 2 unspecified atom stereocenters. The number of hydrogen-bond acceptors (Lipinski definition) is 2. The second kappa shape index (κ2) is 6.69. The lowest BCUT2D eigenvalue weighted by molar-refractivity contribution is 0.471. The van der Waals surface area contributed by atoms with Crippen LogP contribution in [0.4, 0.5) is 0 Å². The zero-order valence-electron chi connectivity index (χ0n) is 12.6. The predicted octanol–water partition coefficient (Wildman–Crippen LogP) is 3.65. The van der Waals surface area contributed by atoms with Gasteiger partial charge in [-0.05, 0) is 43.0 Å². The number of nitrogens with two attached hydrogens (primary N) is 1. The molecule has 2 atom stereocenters. The Hall–Kier alpha value is -1.64. The molecule has 0 aliphatic heterocycles. The van der Waals surface area contributed by atoms with Crippen molar-refractivity contribution < 1.29 is 0 Å². The van der Waals surface area contributed by atoms with Crippen molar-refractivity contribution in [1.29, 1.82) is 0 Å². The van der Waals surface area contributed by atoms with E-state index in [0.29, 0.717) is 6.54 Å². The number of nitrogens with one attached hydrogen (secondary N) is 1. The lowest BCUT2D eigenvalue weighted by atomic mass is 9.96. The number of hydrogen-bond donors (Lipinski definition) is 2. The van der Waals surface area contributed by atoms with Gasteiger partial charge in [-0.2, -0.15) is 0 Å². The quantitative estimate of drug-likeness (QED) is 0.868. The zero-order chi connectivity index (χ0) is 14.5. The Labute approximate surface area is 122 Å². The highest BCUT2D eigenvalue weighted by molar-refractivity contribution is 5.35. The first kappa shape index (κ1) is 14.8. The van der Waals surface area contributed by atoms with Crippen molar-refractivity contribution >= 4 is 0 Å². The molecule has 0 spiro atoms. The molecule has 0 fully saturated rings. The van der Waals surface area contributed by atoms with Gasteiger partial charge in [-0.25, -0.2) is 0 Å². The molecule has 0 saturated heterocycles. The molecule has 0 radical (unpaired) electrons. The minimum atomic E-state index is 0.185. The SMILES string of the molecule is Cc1cccc(C(CN)NC(C)c2ccccc2)c1C. The van der Waals surface area contributed by atoms with Crippen molar-refractivity contribution in [3.8, 4) is 0 Å². The second-order valence-electron chi connectivity index (χ2n) is 5.38. The fraction of sp³-hybridized carbons (Fsp3) is 0.333. The van der Waals surface area contributed by atoms with Crippen LogP contribution in [0.1, 0.15) is 41.3 Å².